The lowest BCUT2D eigenvalue weighted by molar-refractivity contribution is 0.394. The van der Waals surface area contributed by atoms with Gasteiger partial charge in [0.15, 0.2) is 0 Å². The van der Waals surface area contributed by atoms with Crippen molar-refractivity contribution in [2.75, 3.05) is 16.5 Å². The van der Waals surface area contributed by atoms with E-state index in [1.54, 1.807) is 0 Å². The first-order chi connectivity index (χ1) is 37.3. The number of benzene rings is 9. The van der Waals surface area contributed by atoms with E-state index in [2.05, 4.69) is 275 Å². The number of rotatable bonds is 8. The van der Waals surface area contributed by atoms with E-state index in [1.165, 1.54) is 83.5 Å². The number of hydrogen-bond acceptors (Lipinski definition) is 4. The number of pyridine rings is 1. The molecule has 2 aliphatic carbocycles. The molecule has 0 atom stereocenters. The summed E-state index contributed by atoms with van der Waals surface area (Å²) < 4.78 is 9.79. The second kappa shape index (κ2) is 17.4. The number of anilines is 4. The average Bonchev–Trinajstić information content (AvgIpc) is 4.28. The molecule has 9 aromatic carbocycles. The number of fused-ring (bicyclic) bond motifs is 8. The van der Waals surface area contributed by atoms with Gasteiger partial charge in [0.25, 0.3) is 0 Å². The Morgan fingerprint density at radius 2 is 1.10 bits per heavy atom. The van der Waals surface area contributed by atoms with Gasteiger partial charge in [-0.3, -0.25) is 4.57 Å². The maximum absolute atomic E-state index is 7.45. The van der Waals surface area contributed by atoms with Crippen LogP contribution in [0, 0.1) is 0 Å². The Morgan fingerprint density at radius 1 is 0.519 bits per heavy atom. The van der Waals surface area contributed by atoms with Crippen LogP contribution in [0.25, 0.3) is 61.0 Å². The number of para-hydroxylation sites is 3. The van der Waals surface area contributed by atoms with Crippen molar-refractivity contribution in [3.05, 3.63) is 252 Å². The van der Waals surface area contributed by atoms with Gasteiger partial charge in [-0.15, -0.1) is 0 Å². The van der Waals surface area contributed by atoms with E-state index < -0.39 is 0 Å². The summed E-state index contributed by atoms with van der Waals surface area (Å²) in [5.41, 5.74) is 21.8. The highest BCUT2D eigenvalue weighted by Gasteiger charge is 2.45. The fourth-order valence-electron chi connectivity index (χ4n) is 13.7. The molecule has 3 heterocycles. The molecular weight excluding hydrogens is 937 g/mol. The normalized spacial score (nSPS) is 15.2. The summed E-state index contributed by atoms with van der Waals surface area (Å²) in [4.78, 5) is 10.2. The molecule has 11 aromatic rings. The predicted octanol–water partition coefficient (Wildman–Crippen LogP) is 19.0. The van der Waals surface area contributed by atoms with Gasteiger partial charge in [-0.1, -0.05) is 188 Å². The standard InChI is InChI=1S/C72H62N4O/c1-70(2,3)49-39-58(46-22-10-8-11-23-46)69(59(40-49)47-24-12-9-13-25-47)75-45-74(62-32-20-21-33-63(62)75)50-41-60-68(72(6,7)44-71(60,4)5)65(42-50)77-51-34-35-55-54-28-18-19-31-61(54)76(64(55)43-51)66-38-48(36-37-73-66)67-56-29-16-14-26-52(56)53-27-15-17-30-57(53)67/h8-43,67H,44-45H2,1-7H3. The van der Waals surface area contributed by atoms with E-state index in [9.17, 15) is 0 Å². The van der Waals surface area contributed by atoms with E-state index in [4.69, 9.17) is 9.72 Å². The van der Waals surface area contributed by atoms with Crippen molar-refractivity contribution in [2.24, 2.45) is 0 Å². The molecule has 0 unspecified atom stereocenters. The molecule has 0 radical (unpaired) electrons. The van der Waals surface area contributed by atoms with Crippen LogP contribution in [0.4, 0.5) is 22.7 Å². The summed E-state index contributed by atoms with van der Waals surface area (Å²) in [6, 6.07) is 78.0. The molecule has 0 saturated heterocycles. The van der Waals surface area contributed by atoms with Gasteiger partial charge < -0.3 is 14.5 Å². The van der Waals surface area contributed by atoms with E-state index in [0.717, 1.165) is 51.5 Å². The van der Waals surface area contributed by atoms with Gasteiger partial charge in [0.1, 0.15) is 24.0 Å². The van der Waals surface area contributed by atoms with E-state index in [-0.39, 0.29) is 22.2 Å². The number of aromatic nitrogens is 2. The summed E-state index contributed by atoms with van der Waals surface area (Å²) in [6.45, 7) is 17.2. The van der Waals surface area contributed by atoms with Crippen molar-refractivity contribution in [1.82, 2.24) is 9.55 Å². The molecule has 77 heavy (non-hydrogen) atoms. The molecule has 0 bridgehead atoms. The summed E-state index contributed by atoms with van der Waals surface area (Å²) in [5, 5.41) is 2.34. The minimum atomic E-state index is -0.132. The first kappa shape index (κ1) is 46.8. The first-order valence-corrected chi connectivity index (χ1v) is 27.3. The molecule has 3 aliphatic rings. The minimum absolute atomic E-state index is 0.0684. The van der Waals surface area contributed by atoms with Crippen molar-refractivity contribution >= 4 is 44.6 Å². The van der Waals surface area contributed by atoms with E-state index in [0.29, 0.717) is 6.67 Å². The van der Waals surface area contributed by atoms with Crippen LogP contribution < -0.4 is 14.5 Å². The van der Waals surface area contributed by atoms with Gasteiger partial charge in [0, 0.05) is 57.4 Å². The Hall–Kier alpha value is -8.67. The third-order valence-electron chi connectivity index (χ3n) is 16.9. The third kappa shape index (κ3) is 7.61. The van der Waals surface area contributed by atoms with Crippen molar-refractivity contribution in [2.45, 2.75) is 77.0 Å². The van der Waals surface area contributed by atoms with Gasteiger partial charge in [-0.2, -0.15) is 0 Å². The molecule has 0 saturated carbocycles. The van der Waals surface area contributed by atoms with Gasteiger partial charge >= 0.3 is 0 Å². The zero-order valence-corrected chi connectivity index (χ0v) is 45.0. The highest BCUT2D eigenvalue weighted by atomic mass is 16.5. The van der Waals surface area contributed by atoms with Crippen LogP contribution in [-0.2, 0) is 16.2 Å². The lowest BCUT2D eigenvalue weighted by atomic mass is 9.82. The van der Waals surface area contributed by atoms with E-state index >= 15 is 0 Å². The molecule has 5 heteroatoms. The maximum Gasteiger partial charge on any atom is 0.137 e. The number of nitrogens with zero attached hydrogens (tertiary/aromatic N) is 4. The highest BCUT2D eigenvalue weighted by Crippen LogP contribution is 2.58. The number of hydrogen-bond donors (Lipinski definition) is 0. The predicted molar refractivity (Wildman–Crippen MR) is 320 cm³/mol. The van der Waals surface area contributed by atoms with Crippen molar-refractivity contribution in [1.29, 1.82) is 0 Å². The third-order valence-corrected chi connectivity index (χ3v) is 16.9. The van der Waals surface area contributed by atoms with Gasteiger partial charge in [0.2, 0.25) is 0 Å². The van der Waals surface area contributed by atoms with Crippen LogP contribution in [0.3, 0.4) is 0 Å². The van der Waals surface area contributed by atoms with Crippen LogP contribution >= 0.6 is 0 Å². The van der Waals surface area contributed by atoms with Crippen LogP contribution in [0.1, 0.15) is 94.2 Å². The highest BCUT2D eigenvalue weighted by molar-refractivity contribution is 6.09. The zero-order chi connectivity index (χ0) is 52.4. The quantitative estimate of drug-likeness (QED) is 0.152. The van der Waals surface area contributed by atoms with Crippen LogP contribution in [-0.4, -0.2) is 16.2 Å². The molecule has 2 aromatic heterocycles. The molecule has 0 N–H and O–H groups in total. The second-order valence-electron chi connectivity index (χ2n) is 23.9. The molecule has 14 rings (SSSR count). The molecule has 0 fully saturated rings. The van der Waals surface area contributed by atoms with Crippen molar-refractivity contribution in [3.8, 4) is 50.7 Å². The van der Waals surface area contributed by atoms with Crippen LogP contribution in [0.5, 0.6) is 11.5 Å². The maximum atomic E-state index is 7.45. The fraction of sp³-hybridized carbons (Fsp3) is 0.181. The van der Waals surface area contributed by atoms with E-state index in [1.807, 2.05) is 6.20 Å². The Kier molecular flexibility index (Phi) is 10.6. The lowest BCUT2D eigenvalue weighted by Crippen LogP contribution is -2.26. The van der Waals surface area contributed by atoms with Crippen LogP contribution in [0.2, 0.25) is 0 Å². The Morgan fingerprint density at radius 3 is 1.77 bits per heavy atom. The summed E-state index contributed by atoms with van der Waals surface area (Å²) in [6.07, 6.45) is 2.99. The topological polar surface area (TPSA) is 33.5 Å². The molecule has 5 nitrogen and oxygen atoms in total. The summed E-state index contributed by atoms with van der Waals surface area (Å²) in [5.74, 6) is 2.68. The molecule has 1 aliphatic heterocycles. The molecule has 0 amide bonds. The summed E-state index contributed by atoms with van der Waals surface area (Å²) in [7, 11) is 0. The van der Waals surface area contributed by atoms with Gasteiger partial charge in [0.05, 0.1) is 28.1 Å². The summed E-state index contributed by atoms with van der Waals surface area (Å²) >= 11 is 0. The zero-order valence-electron chi connectivity index (χ0n) is 45.0. The lowest BCUT2D eigenvalue weighted by Gasteiger charge is -2.30. The number of ether oxygens (including phenoxy) is 1. The fourth-order valence-corrected chi connectivity index (χ4v) is 13.7. The van der Waals surface area contributed by atoms with Crippen molar-refractivity contribution in [3.63, 3.8) is 0 Å². The first-order valence-electron chi connectivity index (χ1n) is 27.3. The van der Waals surface area contributed by atoms with Crippen molar-refractivity contribution < 1.29 is 4.74 Å². The Bertz CT molecular complexity index is 4030. The minimum Gasteiger partial charge on any atom is -0.457 e. The Labute approximate surface area is 452 Å². The molecule has 376 valence electrons. The smallest absolute Gasteiger partial charge is 0.137 e. The average molecular weight is 999 g/mol. The molecular formula is C72H62N4O. The second-order valence-corrected chi connectivity index (χ2v) is 23.9. The van der Waals surface area contributed by atoms with Crippen LogP contribution in [0.15, 0.2) is 219 Å². The largest absolute Gasteiger partial charge is 0.457 e. The Balaban J connectivity index is 0.906. The van der Waals surface area contributed by atoms with Gasteiger partial charge in [-0.05, 0) is 133 Å². The van der Waals surface area contributed by atoms with Gasteiger partial charge in [-0.25, -0.2) is 4.98 Å². The molecule has 0 spiro atoms. The monoisotopic (exact) mass is 998 g/mol. The SMILES string of the molecule is CC(C)(C)c1cc(-c2ccccc2)c(N2CN(c3cc(Oc4ccc5c6ccccc6n(-c6cc(C7c8ccccc8-c8ccccc87)ccn6)c5c4)c4c(c3)C(C)(C)CC4(C)C)c3ccccc32)c(-c2ccccc2)c1.